The van der Waals surface area contributed by atoms with Gasteiger partial charge in [-0.2, -0.15) is 4.98 Å². The second-order valence-corrected chi connectivity index (χ2v) is 6.74. The van der Waals surface area contributed by atoms with Gasteiger partial charge >= 0.3 is 0 Å². The van der Waals surface area contributed by atoms with Crippen LogP contribution in [0, 0.1) is 0 Å². The highest BCUT2D eigenvalue weighted by Crippen LogP contribution is 2.30. The number of anilines is 1. The first kappa shape index (κ1) is 22.1. The Morgan fingerprint density at radius 3 is 2.55 bits per heavy atom. The lowest BCUT2D eigenvalue weighted by atomic mass is 10.1. The van der Waals surface area contributed by atoms with Gasteiger partial charge in [0.15, 0.2) is 23.3 Å². The van der Waals surface area contributed by atoms with Gasteiger partial charge < -0.3 is 24.6 Å². The molecule has 0 atom stereocenters. The number of benzene rings is 2. The first-order valence-electron chi connectivity index (χ1n) is 10.4. The summed E-state index contributed by atoms with van der Waals surface area (Å²) in [5, 5.41) is 10.5. The number of nitrogens with zero attached hydrogens (tertiary/aromatic N) is 3. The number of aryl methyl sites for hydroxylation is 1. The van der Waals surface area contributed by atoms with Gasteiger partial charge in [0.25, 0.3) is 5.89 Å². The van der Waals surface area contributed by atoms with E-state index >= 15 is 0 Å². The van der Waals surface area contributed by atoms with Gasteiger partial charge in [0.1, 0.15) is 0 Å². The fourth-order valence-electron chi connectivity index (χ4n) is 2.99. The van der Waals surface area contributed by atoms with Crippen molar-refractivity contribution in [2.45, 2.75) is 26.7 Å². The van der Waals surface area contributed by atoms with E-state index in [1.54, 1.807) is 14.2 Å². The summed E-state index contributed by atoms with van der Waals surface area (Å²) in [4.78, 5) is 8.65. The van der Waals surface area contributed by atoms with E-state index in [-0.39, 0.29) is 0 Å². The summed E-state index contributed by atoms with van der Waals surface area (Å²) in [6, 6.07) is 13.8. The van der Waals surface area contributed by atoms with Crippen molar-refractivity contribution in [2.24, 2.45) is 4.99 Å². The Kier molecular flexibility index (Phi) is 7.86. The molecule has 0 radical (unpaired) electrons. The van der Waals surface area contributed by atoms with Crippen LogP contribution in [0.5, 0.6) is 11.5 Å². The number of nitrogens with one attached hydrogen (secondary N) is 2. The van der Waals surface area contributed by atoms with Crippen LogP contribution in [0.25, 0.3) is 11.5 Å². The van der Waals surface area contributed by atoms with Gasteiger partial charge in [-0.05, 0) is 43.2 Å². The number of hydrogen-bond donors (Lipinski definition) is 2. The average molecular weight is 424 g/mol. The molecule has 1 heterocycles. The summed E-state index contributed by atoms with van der Waals surface area (Å²) in [6.07, 6.45) is 1.60. The molecule has 0 saturated heterocycles. The topological polar surface area (TPSA) is 93.8 Å². The molecule has 1 aromatic heterocycles. The molecule has 0 aliphatic heterocycles. The number of aromatic nitrogens is 2. The number of methoxy groups -OCH3 is 1. The first-order valence-corrected chi connectivity index (χ1v) is 10.4. The molecule has 0 bridgehead atoms. The van der Waals surface area contributed by atoms with E-state index in [2.05, 4.69) is 37.9 Å². The second kappa shape index (κ2) is 11.0. The van der Waals surface area contributed by atoms with Crippen molar-refractivity contribution in [3.05, 3.63) is 53.9 Å². The molecule has 8 heteroatoms. The Morgan fingerprint density at radius 1 is 1.10 bits per heavy atom. The molecule has 31 heavy (non-hydrogen) atoms. The lowest BCUT2D eigenvalue weighted by molar-refractivity contribution is 0.311. The van der Waals surface area contributed by atoms with Gasteiger partial charge in [-0.25, -0.2) is 0 Å². The third-order valence-corrected chi connectivity index (χ3v) is 4.64. The highest BCUT2D eigenvalue weighted by Gasteiger charge is 2.09. The van der Waals surface area contributed by atoms with Crippen LogP contribution in [-0.2, 0) is 12.8 Å². The molecule has 0 aliphatic rings. The predicted octanol–water partition coefficient (Wildman–Crippen LogP) is 3.94. The molecule has 0 amide bonds. The van der Waals surface area contributed by atoms with E-state index in [0.29, 0.717) is 35.8 Å². The van der Waals surface area contributed by atoms with E-state index in [4.69, 9.17) is 14.0 Å². The van der Waals surface area contributed by atoms with E-state index in [9.17, 15) is 0 Å². The van der Waals surface area contributed by atoms with Crippen LogP contribution in [0.2, 0.25) is 0 Å². The van der Waals surface area contributed by atoms with Crippen molar-refractivity contribution in [2.75, 3.05) is 32.6 Å². The van der Waals surface area contributed by atoms with Crippen LogP contribution in [0.15, 0.2) is 52.0 Å². The monoisotopic (exact) mass is 423 g/mol. The van der Waals surface area contributed by atoms with E-state index in [0.717, 1.165) is 30.6 Å². The summed E-state index contributed by atoms with van der Waals surface area (Å²) in [7, 11) is 3.37. The van der Waals surface area contributed by atoms with Crippen molar-refractivity contribution < 1.29 is 14.0 Å². The maximum atomic E-state index is 5.63. The molecule has 3 rings (SSSR count). The van der Waals surface area contributed by atoms with Crippen LogP contribution >= 0.6 is 0 Å². The largest absolute Gasteiger partial charge is 0.493 e. The maximum Gasteiger partial charge on any atom is 0.257 e. The lowest BCUT2D eigenvalue weighted by Crippen LogP contribution is -2.32. The van der Waals surface area contributed by atoms with Crippen molar-refractivity contribution in [3.8, 4) is 23.0 Å². The SMILES string of the molecule is CCOc1cc(NC(=NC)NCCc2ccc(-c3nc(CC)no3)cc2)ccc1OC. The Hall–Kier alpha value is -3.55. The van der Waals surface area contributed by atoms with E-state index < -0.39 is 0 Å². The smallest absolute Gasteiger partial charge is 0.257 e. The quantitative estimate of drug-likeness (QED) is 0.398. The second-order valence-electron chi connectivity index (χ2n) is 6.74. The number of ether oxygens (including phenoxy) is 2. The Bertz CT molecular complexity index is 999. The van der Waals surface area contributed by atoms with Gasteiger partial charge in [-0.15, -0.1) is 0 Å². The van der Waals surface area contributed by atoms with Gasteiger partial charge in [-0.3, -0.25) is 4.99 Å². The Labute approximate surface area is 182 Å². The van der Waals surface area contributed by atoms with E-state index in [1.165, 1.54) is 5.56 Å². The van der Waals surface area contributed by atoms with Crippen molar-refractivity contribution in [3.63, 3.8) is 0 Å². The summed E-state index contributed by atoms with van der Waals surface area (Å²) < 4.78 is 16.3. The third kappa shape index (κ3) is 5.97. The number of aliphatic imine (C=N–C) groups is 1. The lowest BCUT2D eigenvalue weighted by Gasteiger charge is -2.14. The van der Waals surface area contributed by atoms with Crippen molar-refractivity contribution in [1.82, 2.24) is 15.5 Å². The highest BCUT2D eigenvalue weighted by atomic mass is 16.5. The average Bonchev–Trinajstić information content (AvgIpc) is 3.29. The van der Waals surface area contributed by atoms with Gasteiger partial charge in [0, 0.05) is 37.3 Å². The Morgan fingerprint density at radius 2 is 1.90 bits per heavy atom. The zero-order chi connectivity index (χ0) is 22.1. The van der Waals surface area contributed by atoms with Crippen molar-refractivity contribution >= 4 is 11.6 Å². The minimum absolute atomic E-state index is 0.553. The molecular formula is C23H29N5O3. The van der Waals surface area contributed by atoms with Gasteiger partial charge in [-0.1, -0.05) is 24.2 Å². The van der Waals surface area contributed by atoms with Crippen LogP contribution in [0.1, 0.15) is 25.2 Å². The molecule has 164 valence electrons. The molecule has 0 unspecified atom stereocenters. The van der Waals surface area contributed by atoms with Crippen LogP contribution in [0.3, 0.4) is 0 Å². The molecule has 0 aliphatic carbocycles. The standard InChI is InChI=1S/C23H29N5O3/c1-5-21-27-22(31-28-21)17-9-7-16(8-10-17)13-14-25-23(24-3)26-18-11-12-19(29-4)20(15-18)30-6-2/h7-12,15H,5-6,13-14H2,1-4H3,(H2,24,25,26). The fourth-order valence-corrected chi connectivity index (χ4v) is 2.99. The molecule has 0 spiro atoms. The normalized spacial score (nSPS) is 11.3. The predicted molar refractivity (Wildman–Crippen MR) is 122 cm³/mol. The molecule has 0 fully saturated rings. The zero-order valence-corrected chi connectivity index (χ0v) is 18.4. The Balaban J connectivity index is 1.53. The molecule has 2 aromatic carbocycles. The maximum absolute atomic E-state index is 5.63. The number of guanidine groups is 1. The molecular weight excluding hydrogens is 394 g/mol. The van der Waals surface area contributed by atoms with Crippen LogP contribution < -0.4 is 20.1 Å². The van der Waals surface area contributed by atoms with Gasteiger partial charge in [0.2, 0.25) is 0 Å². The molecule has 3 aromatic rings. The highest BCUT2D eigenvalue weighted by molar-refractivity contribution is 5.93. The van der Waals surface area contributed by atoms with Crippen LogP contribution in [-0.4, -0.2) is 43.4 Å². The summed E-state index contributed by atoms with van der Waals surface area (Å²) >= 11 is 0. The van der Waals surface area contributed by atoms with Crippen LogP contribution in [0.4, 0.5) is 5.69 Å². The number of hydrogen-bond acceptors (Lipinski definition) is 6. The summed E-state index contributed by atoms with van der Waals surface area (Å²) in [5.74, 6) is 3.34. The molecule has 8 nitrogen and oxygen atoms in total. The zero-order valence-electron chi connectivity index (χ0n) is 18.4. The molecule has 2 N–H and O–H groups in total. The minimum Gasteiger partial charge on any atom is -0.493 e. The van der Waals surface area contributed by atoms with Crippen molar-refractivity contribution in [1.29, 1.82) is 0 Å². The van der Waals surface area contributed by atoms with E-state index in [1.807, 2.05) is 44.2 Å². The summed E-state index contributed by atoms with van der Waals surface area (Å²) in [5.41, 5.74) is 2.99. The summed E-state index contributed by atoms with van der Waals surface area (Å²) in [6.45, 7) is 5.24. The number of rotatable bonds is 9. The first-order chi connectivity index (χ1) is 15.2. The minimum atomic E-state index is 0.553. The third-order valence-electron chi connectivity index (χ3n) is 4.64. The molecule has 0 saturated carbocycles. The van der Waals surface area contributed by atoms with Gasteiger partial charge in [0.05, 0.1) is 13.7 Å². The fraction of sp³-hybridized carbons (Fsp3) is 0.348.